The van der Waals surface area contributed by atoms with Crippen molar-refractivity contribution in [1.82, 2.24) is 14.7 Å². The van der Waals surface area contributed by atoms with Crippen molar-refractivity contribution in [2.75, 3.05) is 13.1 Å². The molecule has 1 fully saturated rings. The fourth-order valence-corrected chi connectivity index (χ4v) is 3.32. The Labute approximate surface area is 135 Å². The molecule has 1 atom stereocenters. The number of hydrogen-bond donors (Lipinski definition) is 0. The van der Waals surface area contributed by atoms with Gasteiger partial charge in [-0.25, -0.2) is 0 Å². The van der Waals surface area contributed by atoms with Gasteiger partial charge in [0.1, 0.15) is 0 Å². The van der Waals surface area contributed by atoms with Gasteiger partial charge in [0.05, 0.1) is 0 Å². The second kappa shape index (κ2) is 6.97. The van der Waals surface area contributed by atoms with Crippen molar-refractivity contribution in [3.63, 3.8) is 0 Å². The van der Waals surface area contributed by atoms with Crippen LogP contribution in [0.2, 0.25) is 5.02 Å². The van der Waals surface area contributed by atoms with E-state index in [1.807, 2.05) is 40.0 Å². The number of hydrogen-bond acceptors (Lipinski definition) is 2. The summed E-state index contributed by atoms with van der Waals surface area (Å²) < 4.78 is 1.86. The van der Waals surface area contributed by atoms with Gasteiger partial charge in [0, 0.05) is 49.4 Å². The molecular formula is C17H20ClN3O. The fraction of sp³-hybridized carbons (Fsp3) is 0.412. The van der Waals surface area contributed by atoms with Gasteiger partial charge in [-0.05, 0) is 30.5 Å². The van der Waals surface area contributed by atoms with Crippen LogP contribution in [0.4, 0.5) is 0 Å². The van der Waals surface area contributed by atoms with Gasteiger partial charge >= 0.3 is 0 Å². The van der Waals surface area contributed by atoms with Crippen LogP contribution in [0, 0.1) is 0 Å². The minimum absolute atomic E-state index is 0.238. The summed E-state index contributed by atoms with van der Waals surface area (Å²) in [4.78, 5) is 14.3. The monoisotopic (exact) mass is 317 g/mol. The van der Waals surface area contributed by atoms with Crippen LogP contribution in [0.25, 0.3) is 0 Å². The molecule has 0 saturated carbocycles. The molecule has 22 heavy (non-hydrogen) atoms. The summed E-state index contributed by atoms with van der Waals surface area (Å²) in [6, 6.07) is 9.84. The number of halogens is 1. The van der Waals surface area contributed by atoms with Crippen molar-refractivity contribution < 1.29 is 4.79 Å². The molecular weight excluding hydrogens is 298 g/mol. The summed E-state index contributed by atoms with van der Waals surface area (Å²) in [5.41, 5.74) is 1.16. The minimum Gasteiger partial charge on any atom is -0.342 e. The van der Waals surface area contributed by atoms with Crippen LogP contribution in [0.15, 0.2) is 42.7 Å². The van der Waals surface area contributed by atoms with Crippen LogP contribution in [0.1, 0.15) is 30.7 Å². The first kappa shape index (κ1) is 15.1. The van der Waals surface area contributed by atoms with E-state index in [2.05, 4.69) is 11.2 Å². The molecule has 0 radical (unpaired) electrons. The Morgan fingerprint density at radius 3 is 2.95 bits per heavy atom. The third kappa shape index (κ3) is 3.50. The van der Waals surface area contributed by atoms with Crippen molar-refractivity contribution in [3.05, 3.63) is 53.3 Å². The molecule has 1 aromatic carbocycles. The lowest BCUT2D eigenvalue weighted by molar-refractivity contribution is -0.130. The third-order valence-electron chi connectivity index (χ3n) is 4.22. The van der Waals surface area contributed by atoms with Crippen LogP contribution in [-0.4, -0.2) is 33.7 Å². The molecule has 2 aromatic rings. The van der Waals surface area contributed by atoms with Crippen molar-refractivity contribution in [2.24, 2.45) is 0 Å². The molecule has 0 N–H and O–H groups in total. The maximum absolute atomic E-state index is 12.3. The Morgan fingerprint density at radius 2 is 2.18 bits per heavy atom. The summed E-state index contributed by atoms with van der Waals surface area (Å²) in [6.07, 6.45) is 6.09. The number of amides is 1. The molecule has 0 aliphatic carbocycles. The molecule has 5 heteroatoms. The largest absolute Gasteiger partial charge is 0.342 e. The number of carbonyl (C=O) groups excluding carboxylic acids is 1. The molecule has 1 aliphatic heterocycles. The summed E-state index contributed by atoms with van der Waals surface area (Å²) in [6.45, 7) is 2.40. The average molecular weight is 318 g/mol. The number of likely N-dealkylation sites (tertiary alicyclic amines) is 1. The molecule has 4 nitrogen and oxygen atoms in total. The standard InChI is InChI=1S/C17H20ClN3O/c18-16-6-2-1-5-15(16)14-8-12-20(13-14)17(22)7-3-10-21-11-4-9-19-21/h1-2,4-6,9,11,14H,3,7-8,10,12-13H2/t14-/m0/s1. The van der Waals surface area contributed by atoms with E-state index in [-0.39, 0.29) is 5.91 Å². The topological polar surface area (TPSA) is 38.1 Å². The number of aromatic nitrogens is 2. The Bertz CT molecular complexity index is 627. The van der Waals surface area contributed by atoms with E-state index in [0.29, 0.717) is 12.3 Å². The number of benzene rings is 1. The Balaban J connectivity index is 1.49. The van der Waals surface area contributed by atoms with Gasteiger partial charge in [0.15, 0.2) is 0 Å². The lowest BCUT2D eigenvalue weighted by atomic mass is 9.98. The fourth-order valence-electron chi connectivity index (χ4n) is 3.03. The Kier molecular flexibility index (Phi) is 4.78. The van der Waals surface area contributed by atoms with Gasteiger partial charge in [0.2, 0.25) is 5.91 Å². The maximum atomic E-state index is 12.3. The predicted molar refractivity (Wildman–Crippen MR) is 86.9 cm³/mol. The average Bonchev–Trinajstić information content (AvgIpc) is 3.19. The minimum atomic E-state index is 0.238. The number of carbonyl (C=O) groups is 1. The lowest BCUT2D eigenvalue weighted by Crippen LogP contribution is -2.28. The van der Waals surface area contributed by atoms with Crippen LogP contribution >= 0.6 is 11.6 Å². The van der Waals surface area contributed by atoms with Gasteiger partial charge in [-0.1, -0.05) is 29.8 Å². The summed E-state index contributed by atoms with van der Waals surface area (Å²) in [7, 11) is 0. The zero-order chi connectivity index (χ0) is 15.4. The smallest absolute Gasteiger partial charge is 0.222 e. The van der Waals surface area contributed by atoms with E-state index in [1.54, 1.807) is 6.20 Å². The molecule has 1 aromatic heterocycles. The molecule has 1 aliphatic rings. The zero-order valence-electron chi connectivity index (χ0n) is 12.5. The van der Waals surface area contributed by atoms with E-state index >= 15 is 0 Å². The molecule has 0 unspecified atom stereocenters. The van der Waals surface area contributed by atoms with Crippen molar-refractivity contribution in [1.29, 1.82) is 0 Å². The number of rotatable bonds is 5. The van der Waals surface area contributed by atoms with Crippen molar-refractivity contribution in [2.45, 2.75) is 31.7 Å². The summed E-state index contributed by atoms with van der Waals surface area (Å²) in [5, 5.41) is 4.96. The first-order valence-corrected chi connectivity index (χ1v) is 8.11. The molecule has 3 rings (SSSR count). The molecule has 1 amide bonds. The van der Waals surface area contributed by atoms with Gasteiger partial charge < -0.3 is 4.90 Å². The highest BCUT2D eigenvalue weighted by Gasteiger charge is 2.27. The van der Waals surface area contributed by atoms with Crippen molar-refractivity contribution >= 4 is 17.5 Å². The highest BCUT2D eigenvalue weighted by molar-refractivity contribution is 6.31. The Morgan fingerprint density at radius 1 is 1.32 bits per heavy atom. The van der Waals surface area contributed by atoms with E-state index in [9.17, 15) is 4.79 Å². The van der Waals surface area contributed by atoms with Gasteiger partial charge in [-0.3, -0.25) is 9.48 Å². The molecule has 116 valence electrons. The van der Waals surface area contributed by atoms with Crippen LogP contribution in [0.3, 0.4) is 0 Å². The Hall–Kier alpha value is -1.81. The maximum Gasteiger partial charge on any atom is 0.222 e. The van der Waals surface area contributed by atoms with E-state index in [1.165, 1.54) is 0 Å². The van der Waals surface area contributed by atoms with Gasteiger partial charge in [-0.2, -0.15) is 5.10 Å². The summed E-state index contributed by atoms with van der Waals surface area (Å²) >= 11 is 6.26. The van der Waals surface area contributed by atoms with Crippen LogP contribution < -0.4 is 0 Å². The third-order valence-corrected chi connectivity index (χ3v) is 4.57. The highest BCUT2D eigenvalue weighted by atomic mass is 35.5. The second-order valence-corrected chi connectivity index (χ2v) is 6.13. The van der Waals surface area contributed by atoms with E-state index in [4.69, 9.17) is 11.6 Å². The molecule has 0 spiro atoms. The normalized spacial score (nSPS) is 17.9. The molecule has 0 bridgehead atoms. The van der Waals surface area contributed by atoms with Gasteiger partial charge in [-0.15, -0.1) is 0 Å². The number of aryl methyl sites for hydroxylation is 1. The number of nitrogens with zero attached hydrogens (tertiary/aromatic N) is 3. The predicted octanol–water partition coefficient (Wildman–Crippen LogP) is 3.33. The highest BCUT2D eigenvalue weighted by Crippen LogP contribution is 2.32. The summed E-state index contributed by atoms with van der Waals surface area (Å²) in [5.74, 6) is 0.602. The first-order valence-electron chi connectivity index (χ1n) is 7.73. The SMILES string of the molecule is O=C(CCCn1cccn1)N1CC[C@H](c2ccccc2Cl)C1. The van der Waals surface area contributed by atoms with E-state index in [0.717, 1.165) is 43.1 Å². The molecule has 1 saturated heterocycles. The van der Waals surface area contributed by atoms with E-state index < -0.39 is 0 Å². The lowest BCUT2D eigenvalue weighted by Gasteiger charge is -2.17. The van der Waals surface area contributed by atoms with Gasteiger partial charge in [0.25, 0.3) is 0 Å². The first-order chi connectivity index (χ1) is 10.7. The van der Waals surface area contributed by atoms with Crippen LogP contribution in [0.5, 0.6) is 0 Å². The second-order valence-electron chi connectivity index (χ2n) is 5.72. The molecule has 2 heterocycles. The van der Waals surface area contributed by atoms with Crippen LogP contribution in [-0.2, 0) is 11.3 Å². The zero-order valence-corrected chi connectivity index (χ0v) is 13.2. The van der Waals surface area contributed by atoms with Crippen molar-refractivity contribution in [3.8, 4) is 0 Å². The quantitative estimate of drug-likeness (QED) is 0.848.